The van der Waals surface area contributed by atoms with Crippen molar-refractivity contribution in [3.63, 3.8) is 0 Å². The predicted molar refractivity (Wildman–Crippen MR) is 98.9 cm³/mol. The minimum absolute atomic E-state index is 0.0740. The van der Waals surface area contributed by atoms with Gasteiger partial charge in [0.15, 0.2) is 5.82 Å². The number of hydrogen-bond donors (Lipinski definition) is 1. The van der Waals surface area contributed by atoms with Crippen LogP contribution >= 0.6 is 0 Å². The van der Waals surface area contributed by atoms with Crippen molar-refractivity contribution >= 4 is 0 Å². The molecule has 1 aliphatic heterocycles. The van der Waals surface area contributed by atoms with Gasteiger partial charge in [0.2, 0.25) is 0 Å². The Hall–Kier alpha value is -2.99. The molecule has 132 valence electrons. The van der Waals surface area contributed by atoms with E-state index in [0.717, 1.165) is 36.5 Å². The summed E-state index contributed by atoms with van der Waals surface area (Å²) in [7, 11) is 1.66. The molecule has 0 amide bonds. The Morgan fingerprint density at radius 3 is 2.77 bits per heavy atom. The molecule has 4 rings (SSSR count). The SMILES string of the molecule is COc1ccc(CN2CCc3nc(-c4ccccn4)[nH]c(=O)c3C2)cc1. The minimum Gasteiger partial charge on any atom is -0.497 e. The summed E-state index contributed by atoms with van der Waals surface area (Å²) >= 11 is 0. The van der Waals surface area contributed by atoms with E-state index in [1.165, 1.54) is 5.56 Å². The lowest BCUT2D eigenvalue weighted by Crippen LogP contribution is -2.35. The minimum atomic E-state index is -0.0740. The van der Waals surface area contributed by atoms with E-state index in [0.29, 0.717) is 18.1 Å². The molecule has 1 aromatic carbocycles. The lowest BCUT2D eigenvalue weighted by molar-refractivity contribution is 0.241. The summed E-state index contributed by atoms with van der Waals surface area (Å²) in [5, 5.41) is 0. The van der Waals surface area contributed by atoms with Crippen LogP contribution in [0.4, 0.5) is 0 Å². The highest BCUT2D eigenvalue weighted by molar-refractivity contribution is 5.49. The molecule has 0 spiro atoms. The molecule has 0 saturated heterocycles. The highest BCUT2D eigenvalue weighted by Gasteiger charge is 2.21. The van der Waals surface area contributed by atoms with Crippen molar-refractivity contribution in [1.29, 1.82) is 0 Å². The summed E-state index contributed by atoms with van der Waals surface area (Å²) in [6, 6.07) is 13.6. The highest BCUT2D eigenvalue weighted by atomic mass is 16.5. The van der Waals surface area contributed by atoms with E-state index in [2.05, 4.69) is 32.0 Å². The van der Waals surface area contributed by atoms with E-state index >= 15 is 0 Å². The predicted octanol–water partition coefficient (Wildman–Crippen LogP) is 2.40. The Morgan fingerprint density at radius 1 is 1.19 bits per heavy atom. The Morgan fingerprint density at radius 2 is 2.04 bits per heavy atom. The number of benzene rings is 1. The van der Waals surface area contributed by atoms with Crippen molar-refractivity contribution in [2.75, 3.05) is 13.7 Å². The molecule has 0 unspecified atom stereocenters. The second kappa shape index (κ2) is 7.09. The van der Waals surface area contributed by atoms with Crippen molar-refractivity contribution in [3.05, 3.63) is 75.8 Å². The fourth-order valence-corrected chi connectivity index (χ4v) is 3.23. The molecule has 3 aromatic rings. The van der Waals surface area contributed by atoms with Crippen LogP contribution in [0, 0.1) is 0 Å². The second-order valence-electron chi connectivity index (χ2n) is 6.36. The monoisotopic (exact) mass is 348 g/mol. The highest BCUT2D eigenvalue weighted by Crippen LogP contribution is 2.20. The molecular formula is C20H20N4O2. The first-order chi connectivity index (χ1) is 12.7. The lowest BCUT2D eigenvalue weighted by atomic mass is 10.1. The fourth-order valence-electron chi connectivity index (χ4n) is 3.23. The summed E-state index contributed by atoms with van der Waals surface area (Å²) in [4.78, 5) is 26.6. The molecular weight excluding hydrogens is 328 g/mol. The van der Waals surface area contributed by atoms with Gasteiger partial charge in [-0.2, -0.15) is 0 Å². The van der Waals surface area contributed by atoms with E-state index in [4.69, 9.17) is 4.74 Å². The van der Waals surface area contributed by atoms with Crippen LogP contribution in [0.15, 0.2) is 53.5 Å². The number of H-pyrrole nitrogens is 1. The van der Waals surface area contributed by atoms with E-state index in [9.17, 15) is 4.79 Å². The number of aromatic amines is 1. The Balaban J connectivity index is 1.54. The standard InChI is InChI=1S/C20H20N4O2/c1-26-15-7-5-14(6-8-15)12-24-11-9-17-16(13-24)20(25)23-19(22-17)18-4-2-3-10-21-18/h2-8,10H,9,11-13H2,1H3,(H,22,23,25). The zero-order valence-electron chi connectivity index (χ0n) is 14.6. The quantitative estimate of drug-likeness (QED) is 0.784. The van der Waals surface area contributed by atoms with Gasteiger partial charge in [-0.25, -0.2) is 4.98 Å². The second-order valence-corrected chi connectivity index (χ2v) is 6.36. The first kappa shape index (κ1) is 16.5. The van der Waals surface area contributed by atoms with E-state index in [1.807, 2.05) is 30.3 Å². The number of methoxy groups -OCH3 is 1. The van der Waals surface area contributed by atoms with Crippen molar-refractivity contribution < 1.29 is 4.74 Å². The first-order valence-corrected chi connectivity index (χ1v) is 8.61. The van der Waals surface area contributed by atoms with Crippen LogP contribution in [0.25, 0.3) is 11.5 Å². The average Bonchev–Trinajstić information content (AvgIpc) is 2.69. The van der Waals surface area contributed by atoms with Gasteiger partial charge in [-0.15, -0.1) is 0 Å². The molecule has 2 aromatic heterocycles. The lowest BCUT2D eigenvalue weighted by Gasteiger charge is -2.27. The summed E-state index contributed by atoms with van der Waals surface area (Å²) in [6.07, 6.45) is 2.46. The topological polar surface area (TPSA) is 71.1 Å². The molecule has 0 atom stereocenters. The molecule has 6 heteroatoms. The molecule has 0 aliphatic carbocycles. The van der Waals surface area contributed by atoms with E-state index in [1.54, 1.807) is 13.3 Å². The zero-order valence-corrected chi connectivity index (χ0v) is 14.6. The van der Waals surface area contributed by atoms with Crippen LogP contribution in [0.2, 0.25) is 0 Å². The molecule has 3 heterocycles. The van der Waals surface area contributed by atoms with Crippen LogP contribution in [0.1, 0.15) is 16.8 Å². The van der Waals surface area contributed by atoms with Crippen LogP contribution in [0.3, 0.4) is 0 Å². The summed E-state index contributed by atoms with van der Waals surface area (Å²) in [6.45, 7) is 2.27. The zero-order chi connectivity index (χ0) is 17.9. The number of nitrogens with one attached hydrogen (secondary N) is 1. The van der Waals surface area contributed by atoms with E-state index < -0.39 is 0 Å². The third-order valence-electron chi connectivity index (χ3n) is 4.62. The van der Waals surface area contributed by atoms with Gasteiger partial charge in [0.05, 0.1) is 18.4 Å². The van der Waals surface area contributed by atoms with Crippen molar-refractivity contribution in [2.45, 2.75) is 19.5 Å². The molecule has 1 N–H and O–H groups in total. The largest absolute Gasteiger partial charge is 0.497 e. The van der Waals surface area contributed by atoms with Crippen LogP contribution in [-0.2, 0) is 19.5 Å². The first-order valence-electron chi connectivity index (χ1n) is 8.61. The van der Waals surface area contributed by atoms with Gasteiger partial charge in [-0.05, 0) is 29.8 Å². The molecule has 0 saturated carbocycles. The summed E-state index contributed by atoms with van der Waals surface area (Å²) in [5.74, 6) is 1.39. The third kappa shape index (κ3) is 3.36. The maximum Gasteiger partial charge on any atom is 0.255 e. The van der Waals surface area contributed by atoms with E-state index in [-0.39, 0.29) is 5.56 Å². The molecule has 0 bridgehead atoms. The Labute approximate surface area is 151 Å². The fraction of sp³-hybridized carbons (Fsp3) is 0.250. The third-order valence-corrected chi connectivity index (χ3v) is 4.62. The normalized spacial score (nSPS) is 14.0. The van der Waals surface area contributed by atoms with Gasteiger partial charge in [0.1, 0.15) is 11.4 Å². The van der Waals surface area contributed by atoms with Crippen LogP contribution < -0.4 is 10.3 Å². The number of aromatic nitrogens is 3. The molecule has 0 radical (unpaired) electrons. The number of ether oxygens (including phenoxy) is 1. The van der Waals surface area contributed by atoms with Gasteiger partial charge in [-0.1, -0.05) is 18.2 Å². The van der Waals surface area contributed by atoms with Crippen molar-refractivity contribution in [2.24, 2.45) is 0 Å². The number of rotatable bonds is 4. The maximum absolute atomic E-state index is 12.6. The number of pyridine rings is 1. The summed E-state index contributed by atoms with van der Waals surface area (Å²) < 4.78 is 5.20. The maximum atomic E-state index is 12.6. The molecule has 0 fully saturated rings. The van der Waals surface area contributed by atoms with Crippen molar-refractivity contribution in [1.82, 2.24) is 19.9 Å². The average molecular weight is 348 g/mol. The van der Waals surface area contributed by atoms with Gasteiger partial charge in [-0.3, -0.25) is 14.7 Å². The Kier molecular flexibility index (Phi) is 4.50. The molecule has 26 heavy (non-hydrogen) atoms. The number of nitrogens with zero attached hydrogens (tertiary/aromatic N) is 3. The number of fused-ring (bicyclic) bond motifs is 1. The van der Waals surface area contributed by atoms with Gasteiger partial charge in [0, 0.05) is 32.3 Å². The van der Waals surface area contributed by atoms with Gasteiger partial charge >= 0.3 is 0 Å². The molecule has 1 aliphatic rings. The van der Waals surface area contributed by atoms with Gasteiger partial charge in [0.25, 0.3) is 5.56 Å². The van der Waals surface area contributed by atoms with Crippen LogP contribution in [0.5, 0.6) is 5.75 Å². The molecule has 6 nitrogen and oxygen atoms in total. The van der Waals surface area contributed by atoms with Crippen molar-refractivity contribution in [3.8, 4) is 17.3 Å². The van der Waals surface area contributed by atoms with Crippen LogP contribution in [-0.4, -0.2) is 33.5 Å². The number of hydrogen-bond acceptors (Lipinski definition) is 5. The summed E-state index contributed by atoms with van der Waals surface area (Å²) in [5.41, 5.74) is 3.44. The smallest absolute Gasteiger partial charge is 0.255 e. The van der Waals surface area contributed by atoms with Gasteiger partial charge < -0.3 is 9.72 Å². The Bertz CT molecular complexity index is 952.